The van der Waals surface area contributed by atoms with Crippen molar-refractivity contribution in [2.75, 3.05) is 0 Å². The van der Waals surface area contributed by atoms with Crippen molar-refractivity contribution in [1.29, 1.82) is 0 Å². The Kier molecular flexibility index (Phi) is 3.81. The molecule has 0 radical (unpaired) electrons. The van der Waals surface area contributed by atoms with Gasteiger partial charge in [-0.15, -0.1) is 0 Å². The molecule has 0 atom stereocenters. The largest absolute Gasteiger partial charge is 0.309 e. The molecule has 0 spiro atoms. The summed E-state index contributed by atoms with van der Waals surface area (Å²) in [5.74, 6) is 0. The molecule has 0 aliphatic heterocycles. The van der Waals surface area contributed by atoms with Crippen LogP contribution in [0, 0.1) is 0 Å². The average molecular weight is 402 g/mol. The fourth-order valence-electron chi connectivity index (χ4n) is 4.71. The van der Waals surface area contributed by atoms with E-state index in [2.05, 4.69) is 54.6 Å². The predicted octanol–water partition coefficient (Wildman–Crippen LogP) is 6.22. The molecule has 0 unspecified atom stereocenters. The van der Waals surface area contributed by atoms with Crippen LogP contribution in [-0.4, -0.2) is 0 Å². The minimum absolute atomic E-state index is 0.867. The highest BCUT2D eigenvalue weighted by atomic mass is 31.2. The van der Waals surface area contributed by atoms with Gasteiger partial charge in [-0.1, -0.05) is 109 Å². The normalized spacial score (nSPS) is 12.1. The quantitative estimate of drug-likeness (QED) is 0.254. The molecular formula is C28H19OP. The molecule has 6 aromatic carbocycles. The standard InChI is InChI=1S/C28H19OP/c29-30(23-12-3-1-4-13-23,24-14-5-2-6-15-24)26-19-22-11-7-9-20-17-18-21-10-8-16-25(26)28(21)27(20)22/h1-19H. The molecule has 0 aliphatic carbocycles. The maximum Gasteiger partial charge on any atom is 0.171 e. The first-order valence-corrected chi connectivity index (χ1v) is 11.9. The third kappa shape index (κ3) is 2.39. The summed E-state index contributed by atoms with van der Waals surface area (Å²) in [6.07, 6.45) is 0. The fraction of sp³-hybridized carbons (Fsp3) is 0. The van der Waals surface area contributed by atoms with Gasteiger partial charge in [0.2, 0.25) is 0 Å². The van der Waals surface area contributed by atoms with Crippen LogP contribution in [0.2, 0.25) is 0 Å². The van der Waals surface area contributed by atoms with Gasteiger partial charge in [-0.3, -0.25) is 0 Å². The number of hydrogen-bond donors (Lipinski definition) is 0. The van der Waals surface area contributed by atoms with Crippen LogP contribution in [0.3, 0.4) is 0 Å². The van der Waals surface area contributed by atoms with Gasteiger partial charge >= 0.3 is 0 Å². The second-order valence-electron chi connectivity index (χ2n) is 7.72. The van der Waals surface area contributed by atoms with Gasteiger partial charge in [0.25, 0.3) is 0 Å². The Morgan fingerprint density at radius 3 is 1.63 bits per heavy atom. The predicted molar refractivity (Wildman–Crippen MR) is 130 cm³/mol. The van der Waals surface area contributed by atoms with Gasteiger partial charge in [-0.25, -0.2) is 0 Å². The van der Waals surface area contributed by atoms with Gasteiger partial charge in [0.05, 0.1) is 0 Å². The van der Waals surface area contributed by atoms with E-state index in [4.69, 9.17) is 0 Å². The van der Waals surface area contributed by atoms with Crippen LogP contribution < -0.4 is 15.9 Å². The minimum Gasteiger partial charge on any atom is -0.309 e. The SMILES string of the molecule is O=P(c1ccccc1)(c1ccccc1)c1cc2cccc3ccc4cccc1c4c32. The molecule has 142 valence electrons. The molecule has 0 aliphatic rings. The van der Waals surface area contributed by atoms with Crippen molar-refractivity contribution in [2.24, 2.45) is 0 Å². The Hall–Kier alpha value is -3.41. The average Bonchev–Trinajstić information content (AvgIpc) is 2.83. The second kappa shape index (κ2) is 6.55. The fourth-order valence-corrected chi connectivity index (χ4v) is 7.59. The smallest absolute Gasteiger partial charge is 0.171 e. The molecule has 0 heterocycles. The van der Waals surface area contributed by atoms with E-state index in [1.807, 2.05) is 60.7 Å². The van der Waals surface area contributed by atoms with Gasteiger partial charge < -0.3 is 4.57 Å². The zero-order chi connectivity index (χ0) is 20.1. The van der Waals surface area contributed by atoms with E-state index in [-0.39, 0.29) is 0 Å². The Labute approximate surface area is 175 Å². The van der Waals surface area contributed by atoms with Crippen LogP contribution in [0.4, 0.5) is 0 Å². The zero-order valence-electron chi connectivity index (χ0n) is 16.3. The molecule has 0 fully saturated rings. The van der Waals surface area contributed by atoms with Crippen molar-refractivity contribution < 1.29 is 4.57 Å². The van der Waals surface area contributed by atoms with Crippen molar-refractivity contribution in [3.8, 4) is 0 Å². The van der Waals surface area contributed by atoms with Gasteiger partial charge in [-0.2, -0.15) is 0 Å². The highest BCUT2D eigenvalue weighted by Crippen LogP contribution is 2.46. The third-order valence-corrected chi connectivity index (χ3v) is 9.16. The minimum atomic E-state index is -3.06. The van der Waals surface area contributed by atoms with Gasteiger partial charge in [-0.05, 0) is 38.4 Å². The summed E-state index contributed by atoms with van der Waals surface area (Å²) in [6.45, 7) is 0. The molecular weight excluding hydrogens is 383 g/mol. The first-order chi connectivity index (χ1) is 14.8. The Morgan fingerprint density at radius 2 is 1.00 bits per heavy atom. The van der Waals surface area contributed by atoms with Crippen LogP contribution in [0.5, 0.6) is 0 Å². The monoisotopic (exact) mass is 402 g/mol. The summed E-state index contributed by atoms with van der Waals surface area (Å²) in [4.78, 5) is 0. The summed E-state index contributed by atoms with van der Waals surface area (Å²) < 4.78 is 15.1. The molecule has 0 saturated heterocycles. The first kappa shape index (κ1) is 17.4. The maximum absolute atomic E-state index is 15.1. The van der Waals surface area contributed by atoms with Gasteiger partial charge in [0.15, 0.2) is 7.14 Å². The lowest BCUT2D eigenvalue weighted by molar-refractivity contribution is 0.592. The number of rotatable bonds is 3. The molecule has 2 heteroatoms. The van der Waals surface area contributed by atoms with Gasteiger partial charge in [0, 0.05) is 15.9 Å². The van der Waals surface area contributed by atoms with Crippen molar-refractivity contribution >= 4 is 55.4 Å². The van der Waals surface area contributed by atoms with Crippen molar-refractivity contribution in [3.05, 3.63) is 115 Å². The molecule has 30 heavy (non-hydrogen) atoms. The molecule has 0 N–H and O–H groups in total. The van der Waals surface area contributed by atoms with Gasteiger partial charge in [0.1, 0.15) is 0 Å². The van der Waals surface area contributed by atoms with E-state index in [9.17, 15) is 0 Å². The molecule has 0 aromatic heterocycles. The Bertz CT molecular complexity index is 1510. The van der Waals surface area contributed by atoms with Crippen molar-refractivity contribution in [1.82, 2.24) is 0 Å². The topological polar surface area (TPSA) is 17.1 Å². The lowest BCUT2D eigenvalue weighted by atomic mass is 9.94. The van der Waals surface area contributed by atoms with Crippen LogP contribution in [-0.2, 0) is 4.57 Å². The summed E-state index contributed by atoms with van der Waals surface area (Å²) in [6, 6.07) is 39.1. The van der Waals surface area contributed by atoms with E-state index in [1.165, 1.54) is 21.5 Å². The van der Waals surface area contributed by atoms with E-state index < -0.39 is 7.14 Å². The second-order valence-corrected chi connectivity index (χ2v) is 10.5. The summed E-state index contributed by atoms with van der Waals surface area (Å²) >= 11 is 0. The molecule has 0 saturated carbocycles. The van der Waals surface area contributed by atoms with Crippen molar-refractivity contribution in [2.45, 2.75) is 0 Å². The summed E-state index contributed by atoms with van der Waals surface area (Å²) in [7, 11) is -3.06. The summed E-state index contributed by atoms with van der Waals surface area (Å²) in [5.41, 5.74) is 0. The summed E-state index contributed by atoms with van der Waals surface area (Å²) in [5, 5.41) is 9.72. The number of benzene rings is 6. The lowest BCUT2D eigenvalue weighted by Crippen LogP contribution is -2.25. The van der Waals surface area contributed by atoms with Crippen LogP contribution in [0.25, 0.3) is 32.3 Å². The molecule has 6 aromatic rings. The third-order valence-electron chi connectivity index (χ3n) is 6.07. The van der Waals surface area contributed by atoms with Crippen LogP contribution in [0.15, 0.2) is 115 Å². The van der Waals surface area contributed by atoms with Crippen LogP contribution >= 0.6 is 7.14 Å². The van der Waals surface area contributed by atoms with E-state index in [0.29, 0.717) is 0 Å². The Balaban J connectivity index is 1.83. The maximum atomic E-state index is 15.1. The highest BCUT2D eigenvalue weighted by molar-refractivity contribution is 7.85. The van der Waals surface area contributed by atoms with Crippen LogP contribution in [0.1, 0.15) is 0 Å². The molecule has 0 amide bonds. The highest BCUT2D eigenvalue weighted by Gasteiger charge is 2.32. The molecule has 1 nitrogen and oxygen atoms in total. The van der Waals surface area contributed by atoms with E-state index in [0.717, 1.165) is 26.7 Å². The number of hydrogen-bond acceptors (Lipinski definition) is 1. The Morgan fingerprint density at radius 1 is 0.467 bits per heavy atom. The molecule has 6 rings (SSSR count). The zero-order valence-corrected chi connectivity index (χ0v) is 17.2. The van der Waals surface area contributed by atoms with Crippen molar-refractivity contribution in [3.63, 3.8) is 0 Å². The lowest BCUT2D eigenvalue weighted by Gasteiger charge is -2.23. The first-order valence-electron chi connectivity index (χ1n) is 10.2. The molecule has 0 bridgehead atoms. The van der Waals surface area contributed by atoms with E-state index >= 15 is 4.57 Å². The van der Waals surface area contributed by atoms with E-state index in [1.54, 1.807) is 0 Å².